The molecule has 0 aliphatic carbocycles. The van der Waals surface area contributed by atoms with Gasteiger partial charge in [-0.05, 0) is 12.5 Å². The van der Waals surface area contributed by atoms with E-state index in [4.69, 9.17) is 22.1 Å². The zero-order valence-electron chi connectivity index (χ0n) is 8.08. The van der Waals surface area contributed by atoms with Crippen molar-refractivity contribution in [3.05, 3.63) is 22.8 Å². The number of nitrogens with two attached hydrogens (primary N) is 1. The first-order valence-electron chi connectivity index (χ1n) is 4.27. The van der Waals surface area contributed by atoms with Crippen molar-refractivity contribution in [2.75, 3.05) is 7.11 Å². The van der Waals surface area contributed by atoms with Crippen molar-refractivity contribution in [3.63, 3.8) is 0 Å². The molecule has 0 aliphatic rings. The molecule has 0 saturated heterocycles. The second-order valence-corrected chi connectivity index (χ2v) is 3.39. The Hall–Kier alpha value is -0.940. The summed E-state index contributed by atoms with van der Waals surface area (Å²) in [5, 5.41) is 0.331. The molecule has 0 fully saturated rings. The fourth-order valence-electron chi connectivity index (χ4n) is 1.14. The highest BCUT2D eigenvalue weighted by atomic mass is 35.5. The van der Waals surface area contributed by atoms with Crippen LogP contribution in [0.4, 0.5) is 8.78 Å². The summed E-state index contributed by atoms with van der Waals surface area (Å²) in [5.41, 5.74) is 5.66. The van der Waals surface area contributed by atoms with Gasteiger partial charge in [-0.3, -0.25) is 0 Å². The SMILES string of the molecule is COc1nccc(Cl)c1CC(N)C(F)F. The van der Waals surface area contributed by atoms with E-state index in [1.165, 1.54) is 19.4 Å². The first kappa shape index (κ1) is 12.1. The predicted molar refractivity (Wildman–Crippen MR) is 53.5 cm³/mol. The molecule has 0 aromatic carbocycles. The number of aromatic nitrogens is 1. The number of nitrogens with zero attached hydrogens (tertiary/aromatic N) is 1. The van der Waals surface area contributed by atoms with Crippen LogP contribution < -0.4 is 10.5 Å². The highest BCUT2D eigenvalue weighted by Gasteiger charge is 2.20. The third kappa shape index (κ3) is 3.00. The second kappa shape index (κ2) is 5.23. The summed E-state index contributed by atoms with van der Waals surface area (Å²) in [4.78, 5) is 3.86. The Balaban J connectivity index is 2.92. The van der Waals surface area contributed by atoms with E-state index in [2.05, 4.69) is 4.98 Å². The summed E-state index contributed by atoms with van der Waals surface area (Å²) in [6, 6.07) is 0.248. The van der Waals surface area contributed by atoms with Gasteiger partial charge in [-0.2, -0.15) is 0 Å². The minimum absolute atomic E-state index is 0.0620. The Bertz CT molecular complexity index is 336. The van der Waals surface area contributed by atoms with Crippen molar-refractivity contribution >= 4 is 11.6 Å². The summed E-state index contributed by atoms with van der Waals surface area (Å²) in [6.45, 7) is 0. The van der Waals surface area contributed by atoms with E-state index in [-0.39, 0.29) is 12.3 Å². The highest BCUT2D eigenvalue weighted by Crippen LogP contribution is 2.25. The number of methoxy groups -OCH3 is 1. The number of hydrogen-bond acceptors (Lipinski definition) is 3. The molecule has 1 atom stereocenters. The number of alkyl halides is 2. The van der Waals surface area contributed by atoms with Gasteiger partial charge in [0.15, 0.2) is 0 Å². The van der Waals surface area contributed by atoms with Crippen LogP contribution in [0.2, 0.25) is 5.02 Å². The smallest absolute Gasteiger partial charge is 0.253 e. The van der Waals surface area contributed by atoms with Crippen LogP contribution in [-0.4, -0.2) is 24.6 Å². The Labute approximate surface area is 91.2 Å². The maximum atomic E-state index is 12.3. The lowest BCUT2D eigenvalue weighted by Crippen LogP contribution is -2.31. The topological polar surface area (TPSA) is 48.1 Å². The van der Waals surface area contributed by atoms with Gasteiger partial charge in [0.1, 0.15) is 0 Å². The molecule has 0 radical (unpaired) electrons. The molecule has 2 N–H and O–H groups in total. The maximum absolute atomic E-state index is 12.3. The van der Waals surface area contributed by atoms with Crippen LogP contribution in [0.25, 0.3) is 0 Å². The second-order valence-electron chi connectivity index (χ2n) is 2.98. The molecule has 0 amide bonds. The van der Waals surface area contributed by atoms with Crippen molar-refractivity contribution in [1.29, 1.82) is 0 Å². The van der Waals surface area contributed by atoms with E-state index in [0.717, 1.165) is 0 Å². The van der Waals surface area contributed by atoms with Crippen molar-refractivity contribution in [3.8, 4) is 5.88 Å². The summed E-state index contributed by atoms with van der Waals surface area (Å²) in [5.74, 6) is 0.235. The van der Waals surface area contributed by atoms with Gasteiger partial charge >= 0.3 is 0 Å². The zero-order valence-corrected chi connectivity index (χ0v) is 8.84. The van der Waals surface area contributed by atoms with E-state index in [1.807, 2.05) is 0 Å². The summed E-state index contributed by atoms with van der Waals surface area (Å²) >= 11 is 5.84. The first-order chi connectivity index (χ1) is 7.06. The third-order valence-electron chi connectivity index (χ3n) is 1.92. The fraction of sp³-hybridized carbons (Fsp3) is 0.444. The molecule has 1 aromatic heterocycles. The Morgan fingerprint density at radius 1 is 1.60 bits per heavy atom. The number of rotatable bonds is 4. The third-order valence-corrected chi connectivity index (χ3v) is 2.27. The van der Waals surface area contributed by atoms with E-state index >= 15 is 0 Å². The van der Waals surface area contributed by atoms with Crippen LogP contribution in [0.5, 0.6) is 5.88 Å². The molecule has 15 heavy (non-hydrogen) atoms. The van der Waals surface area contributed by atoms with Crippen molar-refractivity contribution < 1.29 is 13.5 Å². The minimum atomic E-state index is -2.59. The molecule has 1 rings (SSSR count). The molecular formula is C9H11ClF2N2O. The van der Waals surface area contributed by atoms with E-state index in [1.54, 1.807) is 0 Å². The molecular weight excluding hydrogens is 226 g/mol. The van der Waals surface area contributed by atoms with Crippen LogP contribution >= 0.6 is 11.6 Å². The predicted octanol–water partition coefficient (Wildman–Crippen LogP) is 1.88. The van der Waals surface area contributed by atoms with Crippen molar-refractivity contribution in [2.45, 2.75) is 18.9 Å². The Morgan fingerprint density at radius 2 is 2.27 bits per heavy atom. The number of halogens is 3. The van der Waals surface area contributed by atoms with Gasteiger partial charge in [-0.25, -0.2) is 13.8 Å². The van der Waals surface area contributed by atoms with Crippen molar-refractivity contribution in [1.82, 2.24) is 4.98 Å². The molecule has 1 aromatic rings. The van der Waals surface area contributed by atoms with Gasteiger partial charge in [0.2, 0.25) is 5.88 Å². The standard InChI is InChI=1S/C9H11ClF2N2O/c1-15-9-5(4-7(13)8(11)12)6(10)2-3-14-9/h2-3,7-8H,4,13H2,1H3. The number of hydrogen-bond donors (Lipinski definition) is 1. The van der Waals surface area contributed by atoms with Crippen LogP contribution in [0.3, 0.4) is 0 Å². The molecule has 3 nitrogen and oxygen atoms in total. The van der Waals surface area contributed by atoms with E-state index in [9.17, 15) is 8.78 Å². The van der Waals surface area contributed by atoms with E-state index < -0.39 is 12.5 Å². The van der Waals surface area contributed by atoms with Crippen LogP contribution in [0.1, 0.15) is 5.56 Å². The van der Waals surface area contributed by atoms with Gasteiger partial charge in [0, 0.05) is 11.8 Å². The van der Waals surface area contributed by atoms with Gasteiger partial charge in [-0.15, -0.1) is 0 Å². The molecule has 0 aliphatic heterocycles. The molecule has 0 spiro atoms. The van der Waals surface area contributed by atoms with Crippen LogP contribution in [0.15, 0.2) is 12.3 Å². The lowest BCUT2D eigenvalue weighted by atomic mass is 10.1. The summed E-state index contributed by atoms with van der Waals surface area (Å²) in [6.07, 6.45) is -1.21. The average molecular weight is 237 g/mol. The van der Waals surface area contributed by atoms with Gasteiger partial charge < -0.3 is 10.5 Å². The lowest BCUT2D eigenvalue weighted by molar-refractivity contribution is 0.115. The molecule has 0 bridgehead atoms. The first-order valence-corrected chi connectivity index (χ1v) is 4.65. The van der Waals surface area contributed by atoms with Gasteiger partial charge in [0.05, 0.1) is 18.2 Å². The monoisotopic (exact) mass is 236 g/mol. The molecule has 1 heterocycles. The normalized spacial score (nSPS) is 12.9. The highest BCUT2D eigenvalue weighted by molar-refractivity contribution is 6.31. The Morgan fingerprint density at radius 3 is 2.80 bits per heavy atom. The number of pyridine rings is 1. The largest absolute Gasteiger partial charge is 0.481 e. The zero-order chi connectivity index (χ0) is 11.4. The number of ether oxygens (including phenoxy) is 1. The average Bonchev–Trinajstić information content (AvgIpc) is 2.20. The van der Waals surface area contributed by atoms with Gasteiger partial charge in [-0.1, -0.05) is 11.6 Å². The quantitative estimate of drug-likeness (QED) is 0.868. The van der Waals surface area contributed by atoms with Crippen molar-refractivity contribution in [2.24, 2.45) is 5.73 Å². The van der Waals surface area contributed by atoms with Crippen LogP contribution in [-0.2, 0) is 6.42 Å². The molecule has 1 unspecified atom stereocenters. The minimum Gasteiger partial charge on any atom is -0.481 e. The molecule has 84 valence electrons. The van der Waals surface area contributed by atoms with Crippen LogP contribution in [0, 0.1) is 0 Å². The summed E-state index contributed by atoms with van der Waals surface area (Å²) < 4.78 is 29.4. The molecule has 6 heteroatoms. The molecule has 0 saturated carbocycles. The summed E-state index contributed by atoms with van der Waals surface area (Å²) in [7, 11) is 1.40. The Kier molecular flexibility index (Phi) is 4.23. The van der Waals surface area contributed by atoms with E-state index in [0.29, 0.717) is 10.6 Å². The lowest BCUT2D eigenvalue weighted by Gasteiger charge is -2.13. The van der Waals surface area contributed by atoms with Gasteiger partial charge in [0.25, 0.3) is 6.43 Å². The maximum Gasteiger partial charge on any atom is 0.253 e. The fourth-order valence-corrected chi connectivity index (χ4v) is 1.35.